The molecule has 0 spiro atoms. The predicted molar refractivity (Wildman–Crippen MR) is 105 cm³/mol. The van der Waals surface area contributed by atoms with Crippen LogP contribution < -0.4 is 10.9 Å². The molecule has 0 aliphatic rings. The van der Waals surface area contributed by atoms with Gasteiger partial charge in [0, 0.05) is 23.8 Å². The van der Waals surface area contributed by atoms with Crippen LogP contribution >= 0.6 is 23.1 Å². The molecule has 26 heavy (non-hydrogen) atoms. The molecule has 0 atom stereocenters. The maximum absolute atomic E-state index is 12.8. The lowest BCUT2D eigenvalue weighted by Gasteiger charge is -2.09. The van der Waals surface area contributed by atoms with Gasteiger partial charge in [-0.15, -0.1) is 17.9 Å². The lowest BCUT2D eigenvalue weighted by atomic mass is 10.3. The number of amides is 1. The number of nitrogens with one attached hydrogen (secondary N) is 1. The van der Waals surface area contributed by atoms with Gasteiger partial charge in [0.25, 0.3) is 5.56 Å². The van der Waals surface area contributed by atoms with Crippen molar-refractivity contribution in [2.24, 2.45) is 0 Å². The van der Waals surface area contributed by atoms with Crippen LogP contribution in [0.15, 0.2) is 47.1 Å². The number of hydrogen-bond donors (Lipinski definition) is 1. The van der Waals surface area contributed by atoms with Crippen molar-refractivity contribution in [1.82, 2.24) is 19.5 Å². The summed E-state index contributed by atoms with van der Waals surface area (Å²) in [5.74, 6) is 0.0799. The standard InChI is InChI=1S/C17H17N5O2S2/c1-3-8-22-15(24)12-9-11(4-2)26-14(12)21-17(22)25-10-13(23)20-16-18-6-5-7-19-16/h3,5-7,9H,1,4,8,10H2,2H3,(H,18,19,20,23). The smallest absolute Gasteiger partial charge is 0.263 e. The molecule has 0 saturated carbocycles. The Morgan fingerprint density at radius 1 is 1.42 bits per heavy atom. The fourth-order valence-corrected chi connectivity index (χ4v) is 4.09. The normalized spacial score (nSPS) is 10.8. The Morgan fingerprint density at radius 2 is 2.19 bits per heavy atom. The lowest BCUT2D eigenvalue weighted by molar-refractivity contribution is -0.113. The fourth-order valence-electron chi connectivity index (χ4n) is 2.28. The topological polar surface area (TPSA) is 89.8 Å². The average Bonchev–Trinajstić information content (AvgIpc) is 3.07. The van der Waals surface area contributed by atoms with E-state index in [9.17, 15) is 9.59 Å². The number of thiophene rings is 1. The van der Waals surface area contributed by atoms with Crippen LogP contribution in [0.5, 0.6) is 0 Å². The van der Waals surface area contributed by atoms with E-state index < -0.39 is 0 Å². The second kappa shape index (κ2) is 8.24. The van der Waals surface area contributed by atoms with Crippen LogP contribution in [-0.4, -0.2) is 31.2 Å². The summed E-state index contributed by atoms with van der Waals surface area (Å²) in [5, 5.41) is 3.72. The Labute approximate surface area is 158 Å². The highest BCUT2D eigenvalue weighted by Gasteiger charge is 2.15. The van der Waals surface area contributed by atoms with E-state index in [4.69, 9.17) is 0 Å². The SMILES string of the molecule is C=CCn1c(SCC(=O)Nc2ncccn2)nc2sc(CC)cc2c1=O. The number of carbonyl (C=O) groups is 1. The van der Waals surface area contributed by atoms with Gasteiger partial charge in [0.05, 0.1) is 11.1 Å². The highest BCUT2D eigenvalue weighted by atomic mass is 32.2. The van der Waals surface area contributed by atoms with Crippen LogP contribution in [0.4, 0.5) is 5.95 Å². The van der Waals surface area contributed by atoms with Crippen LogP contribution in [0.2, 0.25) is 0 Å². The number of fused-ring (bicyclic) bond motifs is 1. The maximum Gasteiger partial charge on any atom is 0.263 e. The largest absolute Gasteiger partial charge is 0.294 e. The lowest BCUT2D eigenvalue weighted by Crippen LogP contribution is -2.23. The molecule has 0 bridgehead atoms. The molecule has 0 radical (unpaired) electrons. The van der Waals surface area contributed by atoms with E-state index in [2.05, 4.69) is 26.8 Å². The van der Waals surface area contributed by atoms with Crippen LogP contribution in [-0.2, 0) is 17.8 Å². The van der Waals surface area contributed by atoms with Crippen molar-refractivity contribution in [1.29, 1.82) is 0 Å². The molecule has 1 N–H and O–H groups in total. The van der Waals surface area contributed by atoms with Gasteiger partial charge in [-0.05, 0) is 18.6 Å². The van der Waals surface area contributed by atoms with Gasteiger partial charge in [-0.25, -0.2) is 15.0 Å². The van der Waals surface area contributed by atoms with Gasteiger partial charge in [0.2, 0.25) is 11.9 Å². The highest BCUT2D eigenvalue weighted by molar-refractivity contribution is 7.99. The van der Waals surface area contributed by atoms with Crippen molar-refractivity contribution in [3.63, 3.8) is 0 Å². The summed E-state index contributed by atoms with van der Waals surface area (Å²) < 4.78 is 1.54. The molecule has 0 fully saturated rings. The van der Waals surface area contributed by atoms with E-state index in [-0.39, 0.29) is 23.2 Å². The number of carbonyl (C=O) groups excluding carboxylic acids is 1. The Morgan fingerprint density at radius 3 is 2.88 bits per heavy atom. The first-order valence-electron chi connectivity index (χ1n) is 7.96. The van der Waals surface area contributed by atoms with Crippen molar-refractivity contribution >= 4 is 45.2 Å². The Balaban J connectivity index is 1.83. The molecular weight excluding hydrogens is 370 g/mol. The minimum absolute atomic E-state index is 0.0966. The monoisotopic (exact) mass is 387 g/mol. The van der Waals surface area contributed by atoms with E-state index in [1.54, 1.807) is 29.1 Å². The molecule has 7 nitrogen and oxygen atoms in total. The molecule has 134 valence electrons. The number of hydrogen-bond acceptors (Lipinski definition) is 7. The molecular formula is C17H17N5O2S2. The molecule has 0 saturated heterocycles. The minimum Gasteiger partial charge on any atom is -0.294 e. The van der Waals surface area contributed by atoms with Gasteiger partial charge in [-0.1, -0.05) is 24.8 Å². The maximum atomic E-state index is 12.8. The molecule has 3 rings (SSSR count). The molecule has 0 aromatic carbocycles. The average molecular weight is 387 g/mol. The van der Waals surface area contributed by atoms with E-state index in [1.165, 1.54) is 23.1 Å². The molecule has 3 heterocycles. The molecule has 3 aromatic rings. The molecule has 0 aliphatic carbocycles. The van der Waals surface area contributed by atoms with Gasteiger partial charge in [-0.3, -0.25) is 19.5 Å². The summed E-state index contributed by atoms with van der Waals surface area (Å²) in [5.41, 5.74) is -0.111. The zero-order valence-electron chi connectivity index (χ0n) is 14.1. The number of nitrogens with zero attached hydrogens (tertiary/aromatic N) is 4. The zero-order chi connectivity index (χ0) is 18.5. The van der Waals surface area contributed by atoms with Crippen LogP contribution in [0.25, 0.3) is 10.2 Å². The second-order valence-corrected chi connectivity index (χ2v) is 7.35. The van der Waals surface area contributed by atoms with Gasteiger partial charge < -0.3 is 0 Å². The summed E-state index contributed by atoms with van der Waals surface area (Å²) in [6.45, 7) is 6.08. The molecule has 1 amide bonds. The quantitative estimate of drug-likeness (QED) is 0.381. The molecule has 0 aliphatic heterocycles. The molecule has 0 unspecified atom stereocenters. The van der Waals surface area contributed by atoms with Crippen molar-refractivity contribution in [3.8, 4) is 0 Å². The van der Waals surface area contributed by atoms with Gasteiger partial charge in [0.1, 0.15) is 4.83 Å². The predicted octanol–water partition coefficient (Wildman–Crippen LogP) is 2.73. The Hall–Kier alpha value is -2.52. The summed E-state index contributed by atoms with van der Waals surface area (Å²) >= 11 is 2.71. The Bertz CT molecular complexity index is 998. The van der Waals surface area contributed by atoms with E-state index in [0.29, 0.717) is 21.9 Å². The third kappa shape index (κ3) is 4.00. The third-order valence-corrected chi connectivity index (χ3v) is 5.63. The van der Waals surface area contributed by atoms with Crippen LogP contribution in [0.3, 0.4) is 0 Å². The fraction of sp³-hybridized carbons (Fsp3) is 0.235. The van der Waals surface area contributed by atoms with Crippen molar-refractivity contribution in [2.75, 3.05) is 11.1 Å². The highest BCUT2D eigenvalue weighted by Crippen LogP contribution is 2.25. The minimum atomic E-state index is -0.263. The number of allylic oxidation sites excluding steroid dienone is 1. The second-order valence-electron chi connectivity index (χ2n) is 5.29. The van der Waals surface area contributed by atoms with Crippen LogP contribution in [0.1, 0.15) is 11.8 Å². The first-order valence-corrected chi connectivity index (χ1v) is 9.76. The van der Waals surface area contributed by atoms with Crippen LogP contribution in [0, 0.1) is 0 Å². The Kier molecular flexibility index (Phi) is 5.79. The summed E-state index contributed by atoms with van der Waals surface area (Å²) in [6, 6.07) is 3.56. The van der Waals surface area contributed by atoms with Crippen molar-refractivity contribution in [3.05, 3.63) is 52.4 Å². The first kappa shape index (κ1) is 18.3. The van der Waals surface area contributed by atoms with Gasteiger partial charge in [-0.2, -0.15) is 0 Å². The number of aromatic nitrogens is 4. The zero-order valence-corrected chi connectivity index (χ0v) is 15.8. The van der Waals surface area contributed by atoms with E-state index >= 15 is 0 Å². The number of rotatable bonds is 7. The molecule has 9 heteroatoms. The third-order valence-electron chi connectivity index (χ3n) is 3.48. The number of thioether (sulfide) groups is 1. The van der Waals surface area contributed by atoms with Crippen molar-refractivity contribution in [2.45, 2.75) is 25.0 Å². The first-order chi connectivity index (χ1) is 12.6. The van der Waals surface area contributed by atoms with Gasteiger partial charge in [0.15, 0.2) is 5.16 Å². The summed E-state index contributed by atoms with van der Waals surface area (Å²) in [7, 11) is 0. The van der Waals surface area contributed by atoms with Gasteiger partial charge >= 0.3 is 0 Å². The van der Waals surface area contributed by atoms with Crippen molar-refractivity contribution < 1.29 is 4.79 Å². The molecule has 3 aromatic heterocycles. The number of aryl methyl sites for hydroxylation is 1. The summed E-state index contributed by atoms with van der Waals surface area (Å²) in [4.78, 5) is 39.2. The summed E-state index contributed by atoms with van der Waals surface area (Å²) in [6.07, 6.45) is 5.60. The number of anilines is 1. The van der Waals surface area contributed by atoms with E-state index in [0.717, 1.165) is 11.3 Å². The van der Waals surface area contributed by atoms with E-state index in [1.807, 2.05) is 13.0 Å².